The van der Waals surface area contributed by atoms with Crippen molar-refractivity contribution in [2.24, 2.45) is 5.92 Å². The summed E-state index contributed by atoms with van der Waals surface area (Å²) < 4.78 is 24.6. The smallest absolute Gasteiger partial charge is 0.221 e. The zero-order valence-corrected chi connectivity index (χ0v) is 20.3. The molecule has 1 saturated carbocycles. The third kappa shape index (κ3) is 8.71. The molecule has 0 atom stereocenters. The van der Waals surface area contributed by atoms with Crippen molar-refractivity contribution in [3.8, 4) is 0 Å². The van der Waals surface area contributed by atoms with E-state index in [0.29, 0.717) is 11.7 Å². The Labute approximate surface area is 193 Å². The van der Waals surface area contributed by atoms with Gasteiger partial charge in [0.15, 0.2) is 9.84 Å². The number of benzene rings is 1. The minimum absolute atomic E-state index is 0.0525. The molecule has 32 heavy (non-hydrogen) atoms. The normalized spacial score (nSPS) is 18.6. The zero-order valence-electron chi connectivity index (χ0n) is 19.5. The van der Waals surface area contributed by atoms with Crippen LogP contribution in [0.4, 0.5) is 11.4 Å². The molecular weight excluding hydrogens is 424 g/mol. The Kier molecular flexibility index (Phi) is 9.81. The number of unbranched alkanes of at least 4 members (excludes halogenated alkanes) is 1. The maximum absolute atomic E-state index is 12.3. The molecular formula is C24H40N4O3S. The van der Waals surface area contributed by atoms with Gasteiger partial charge >= 0.3 is 0 Å². The van der Waals surface area contributed by atoms with Crippen molar-refractivity contribution in [2.45, 2.75) is 51.9 Å². The predicted octanol–water partition coefficient (Wildman–Crippen LogP) is 3.09. The molecule has 1 amide bonds. The van der Waals surface area contributed by atoms with Gasteiger partial charge in [-0.1, -0.05) is 25.3 Å². The van der Waals surface area contributed by atoms with Crippen LogP contribution in [0.5, 0.6) is 0 Å². The van der Waals surface area contributed by atoms with Crippen LogP contribution in [0, 0.1) is 5.92 Å². The number of carbonyl (C=O) groups is 1. The first kappa shape index (κ1) is 25.0. The molecule has 0 bridgehead atoms. The van der Waals surface area contributed by atoms with Gasteiger partial charge in [-0.25, -0.2) is 8.42 Å². The number of carbonyl (C=O) groups excluding carboxylic acids is 1. The lowest BCUT2D eigenvalue weighted by molar-refractivity contribution is -0.114. The monoisotopic (exact) mass is 464 g/mol. The summed E-state index contributed by atoms with van der Waals surface area (Å²) in [5.41, 5.74) is 1.99. The number of piperazine rings is 1. The van der Waals surface area contributed by atoms with E-state index in [1.165, 1.54) is 26.2 Å². The fourth-order valence-electron chi connectivity index (χ4n) is 4.80. The van der Waals surface area contributed by atoms with E-state index in [4.69, 9.17) is 0 Å². The molecule has 0 aromatic heterocycles. The highest BCUT2D eigenvalue weighted by molar-refractivity contribution is 7.91. The number of nitrogens with zero attached hydrogens (tertiary/aromatic N) is 2. The predicted molar refractivity (Wildman–Crippen MR) is 132 cm³/mol. The van der Waals surface area contributed by atoms with Crippen molar-refractivity contribution in [1.29, 1.82) is 0 Å². The van der Waals surface area contributed by atoms with Crippen LogP contribution in [-0.4, -0.2) is 70.1 Å². The second-order valence-corrected chi connectivity index (χ2v) is 11.4. The van der Waals surface area contributed by atoms with Crippen molar-refractivity contribution < 1.29 is 13.2 Å². The summed E-state index contributed by atoms with van der Waals surface area (Å²) in [6, 6.07) is 8.02. The molecule has 0 spiro atoms. The number of hydrogen-bond acceptors (Lipinski definition) is 6. The average molecular weight is 465 g/mol. The van der Waals surface area contributed by atoms with Gasteiger partial charge in [0.05, 0.1) is 11.6 Å². The molecule has 0 unspecified atom stereocenters. The van der Waals surface area contributed by atoms with Gasteiger partial charge in [-0.2, -0.15) is 0 Å². The summed E-state index contributed by atoms with van der Waals surface area (Å²) >= 11 is 0. The second-order valence-electron chi connectivity index (χ2n) is 9.33. The molecule has 2 N–H and O–H groups in total. The minimum Gasteiger partial charge on any atom is -0.369 e. The van der Waals surface area contributed by atoms with E-state index < -0.39 is 9.84 Å². The van der Waals surface area contributed by atoms with Crippen molar-refractivity contribution in [2.75, 3.05) is 61.1 Å². The summed E-state index contributed by atoms with van der Waals surface area (Å²) in [4.78, 5) is 16.1. The molecule has 1 aliphatic heterocycles. The SMILES string of the molecule is CC(=O)Nc1cccc(N2CCN(CCCCNCS(=O)(=O)CC3CCCCC3)CC2)c1. The molecule has 7 nitrogen and oxygen atoms in total. The fraction of sp³-hybridized carbons (Fsp3) is 0.708. The highest BCUT2D eigenvalue weighted by Gasteiger charge is 2.21. The largest absolute Gasteiger partial charge is 0.369 e. The van der Waals surface area contributed by atoms with Gasteiger partial charge in [-0.3, -0.25) is 9.69 Å². The van der Waals surface area contributed by atoms with Crippen LogP contribution in [0.3, 0.4) is 0 Å². The van der Waals surface area contributed by atoms with Crippen LogP contribution in [0.2, 0.25) is 0 Å². The number of amides is 1. The third-order valence-corrected chi connectivity index (χ3v) is 8.14. The molecule has 1 aromatic carbocycles. The first-order valence-electron chi connectivity index (χ1n) is 12.2. The molecule has 3 rings (SSSR count). The Morgan fingerprint density at radius 1 is 1.06 bits per heavy atom. The lowest BCUT2D eigenvalue weighted by atomic mass is 9.91. The fourth-order valence-corrected chi connectivity index (χ4v) is 6.42. The van der Waals surface area contributed by atoms with Crippen LogP contribution in [-0.2, 0) is 14.6 Å². The zero-order chi connectivity index (χ0) is 22.8. The number of nitrogens with one attached hydrogen (secondary N) is 2. The molecule has 8 heteroatoms. The van der Waals surface area contributed by atoms with Gasteiger partial charge in [0.25, 0.3) is 0 Å². The van der Waals surface area contributed by atoms with Gasteiger partial charge < -0.3 is 15.5 Å². The molecule has 1 aromatic rings. The Morgan fingerprint density at radius 2 is 1.81 bits per heavy atom. The van der Waals surface area contributed by atoms with Crippen LogP contribution < -0.4 is 15.5 Å². The number of rotatable bonds is 11. The van der Waals surface area contributed by atoms with Crippen molar-refractivity contribution >= 4 is 27.1 Å². The van der Waals surface area contributed by atoms with E-state index in [1.54, 1.807) is 0 Å². The Bertz CT molecular complexity index is 816. The quantitative estimate of drug-likeness (QED) is 0.490. The molecule has 2 aliphatic rings. The van der Waals surface area contributed by atoms with E-state index in [2.05, 4.69) is 26.5 Å². The van der Waals surface area contributed by atoms with E-state index in [0.717, 1.165) is 76.3 Å². The molecule has 1 saturated heterocycles. The average Bonchev–Trinajstić information content (AvgIpc) is 2.77. The van der Waals surface area contributed by atoms with Gasteiger partial charge in [-0.15, -0.1) is 0 Å². The van der Waals surface area contributed by atoms with Crippen molar-refractivity contribution in [1.82, 2.24) is 10.2 Å². The number of sulfone groups is 1. The lowest BCUT2D eigenvalue weighted by Gasteiger charge is -2.36. The molecule has 1 heterocycles. The number of hydrogen-bond donors (Lipinski definition) is 2. The Balaban J connectivity index is 1.27. The summed E-state index contributed by atoms with van der Waals surface area (Å²) in [6.07, 6.45) is 7.86. The molecule has 1 aliphatic carbocycles. The molecule has 180 valence electrons. The second kappa shape index (κ2) is 12.6. The van der Waals surface area contributed by atoms with Crippen LogP contribution in [0.15, 0.2) is 24.3 Å². The summed E-state index contributed by atoms with van der Waals surface area (Å²) in [6.45, 7) is 7.33. The van der Waals surface area contributed by atoms with E-state index >= 15 is 0 Å². The molecule has 0 radical (unpaired) electrons. The summed E-state index contributed by atoms with van der Waals surface area (Å²) in [5, 5.41) is 6.00. The van der Waals surface area contributed by atoms with E-state index in [9.17, 15) is 13.2 Å². The van der Waals surface area contributed by atoms with E-state index in [1.807, 2.05) is 18.2 Å². The highest BCUT2D eigenvalue weighted by atomic mass is 32.2. The van der Waals surface area contributed by atoms with Crippen molar-refractivity contribution in [3.05, 3.63) is 24.3 Å². The maximum atomic E-state index is 12.3. The van der Waals surface area contributed by atoms with Gasteiger partial charge in [0.2, 0.25) is 5.91 Å². The first-order chi connectivity index (χ1) is 15.4. The Hall–Kier alpha value is -1.64. The standard InChI is InChI=1S/C24H40N4O3S/c1-21(29)26-23-10-7-11-24(18-23)28-16-14-27(15-17-28)13-6-5-12-25-20-32(30,31)19-22-8-3-2-4-9-22/h7,10-11,18,22,25H,2-6,8-9,12-17,19-20H2,1H3,(H,26,29). The molecule has 2 fully saturated rings. The maximum Gasteiger partial charge on any atom is 0.221 e. The summed E-state index contributed by atoms with van der Waals surface area (Å²) in [5.74, 6) is 0.808. The highest BCUT2D eigenvalue weighted by Crippen LogP contribution is 2.25. The topological polar surface area (TPSA) is 81.8 Å². The lowest BCUT2D eigenvalue weighted by Crippen LogP contribution is -2.46. The van der Waals surface area contributed by atoms with E-state index in [-0.39, 0.29) is 11.8 Å². The minimum atomic E-state index is -2.98. The Morgan fingerprint density at radius 3 is 2.53 bits per heavy atom. The number of anilines is 2. The van der Waals surface area contributed by atoms with Crippen LogP contribution >= 0.6 is 0 Å². The van der Waals surface area contributed by atoms with Crippen LogP contribution in [0.1, 0.15) is 51.9 Å². The summed E-state index contributed by atoms with van der Waals surface area (Å²) in [7, 11) is -2.98. The van der Waals surface area contributed by atoms with Gasteiger partial charge in [-0.05, 0) is 62.9 Å². The third-order valence-electron chi connectivity index (χ3n) is 6.52. The van der Waals surface area contributed by atoms with Gasteiger partial charge in [0, 0.05) is 44.5 Å². The van der Waals surface area contributed by atoms with Gasteiger partial charge in [0.1, 0.15) is 0 Å². The van der Waals surface area contributed by atoms with Crippen LogP contribution in [0.25, 0.3) is 0 Å². The first-order valence-corrected chi connectivity index (χ1v) is 14.0. The van der Waals surface area contributed by atoms with Crippen molar-refractivity contribution in [3.63, 3.8) is 0 Å².